The van der Waals surface area contributed by atoms with Crippen LogP contribution in [0, 0.1) is 11.8 Å². The number of halogens is 2. The Balaban J connectivity index is 2.76. The van der Waals surface area contributed by atoms with Gasteiger partial charge in [-0.15, -0.1) is 0 Å². The van der Waals surface area contributed by atoms with Crippen molar-refractivity contribution in [1.82, 2.24) is 0 Å². The van der Waals surface area contributed by atoms with Gasteiger partial charge in [0.15, 0.2) is 0 Å². The normalized spacial score (nSPS) is 39.9. The van der Waals surface area contributed by atoms with Gasteiger partial charge in [-0.25, -0.2) is 8.78 Å². The summed E-state index contributed by atoms with van der Waals surface area (Å²) < 4.78 is 26.7. The quantitative estimate of drug-likeness (QED) is 0.725. The van der Waals surface area contributed by atoms with E-state index in [4.69, 9.17) is 5.73 Å². The summed E-state index contributed by atoms with van der Waals surface area (Å²) in [6.45, 7) is 3.16. The zero-order chi connectivity index (χ0) is 11.0. The Bertz CT molecular complexity index is 210. The second-order valence-electron chi connectivity index (χ2n) is 4.64. The zero-order valence-electron chi connectivity index (χ0n) is 8.76. The Morgan fingerprint density at radius 3 is 2.43 bits per heavy atom. The van der Waals surface area contributed by atoms with Crippen LogP contribution in [0.2, 0.25) is 0 Å². The fourth-order valence-corrected chi connectivity index (χ4v) is 2.11. The summed E-state index contributed by atoms with van der Waals surface area (Å²) in [6.07, 6.45) is 0.953. The predicted octanol–water partition coefficient (Wildman–Crippen LogP) is 1.77. The molecule has 1 fully saturated rings. The molecule has 3 atom stereocenters. The van der Waals surface area contributed by atoms with E-state index in [0.717, 1.165) is 0 Å². The van der Waals surface area contributed by atoms with Crippen LogP contribution in [0.25, 0.3) is 0 Å². The summed E-state index contributed by atoms with van der Waals surface area (Å²) in [6, 6.07) is 0. The number of alkyl halides is 2. The molecule has 0 bridgehead atoms. The summed E-state index contributed by atoms with van der Waals surface area (Å²) in [5.41, 5.74) is 3.11. The largest absolute Gasteiger partial charge is 0.384 e. The van der Waals surface area contributed by atoms with Crippen molar-refractivity contribution in [3.63, 3.8) is 0 Å². The van der Waals surface area contributed by atoms with Gasteiger partial charge in [-0.3, -0.25) is 0 Å². The third kappa shape index (κ3) is 1.91. The molecular formula is C10H19F2NO. The average molecular weight is 207 g/mol. The molecule has 0 saturated heterocycles. The van der Waals surface area contributed by atoms with E-state index >= 15 is 0 Å². The fourth-order valence-electron chi connectivity index (χ4n) is 2.11. The van der Waals surface area contributed by atoms with Crippen LogP contribution in [0.3, 0.4) is 0 Å². The average Bonchev–Trinajstić information content (AvgIpc) is 2.12. The molecule has 1 aliphatic carbocycles. The highest BCUT2D eigenvalue weighted by atomic mass is 19.3. The van der Waals surface area contributed by atoms with E-state index in [2.05, 4.69) is 0 Å². The Hall–Kier alpha value is -0.220. The van der Waals surface area contributed by atoms with E-state index in [-0.39, 0.29) is 18.8 Å². The SMILES string of the molecule is CC1CCC(O)(C(F)(F)CN)CC1C. The summed E-state index contributed by atoms with van der Waals surface area (Å²) in [5.74, 6) is -2.61. The molecule has 2 nitrogen and oxygen atoms in total. The Kier molecular flexibility index (Phi) is 3.17. The van der Waals surface area contributed by atoms with Gasteiger partial charge in [0, 0.05) is 0 Å². The molecular weight excluding hydrogens is 188 g/mol. The minimum Gasteiger partial charge on any atom is -0.384 e. The molecule has 3 N–H and O–H groups in total. The van der Waals surface area contributed by atoms with Crippen LogP contribution in [-0.2, 0) is 0 Å². The van der Waals surface area contributed by atoms with Crippen LogP contribution >= 0.6 is 0 Å². The maximum Gasteiger partial charge on any atom is 0.288 e. The molecule has 14 heavy (non-hydrogen) atoms. The lowest BCUT2D eigenvalue weighted by molar-refractivity contribution is -0.200. The van der Waals surface area contributed by atoms with Crippen molar-refractivity contribution in [1.29, 1.82) is 0 Å². The molecule has 0 radical (unpaired) electrons. The van der Waals surface area contributed by atoms with Crippen molar-refractivity contribution in [3.05, 3.63) is 0 Å². The minimum absolute atomic E-state index is 0.131. The number of nitrogens with two attached hydrogens (primary N) is 1. The molecule has 0 aromatic rings. The van der Waals surface area contributed by atoms with E-state index < -0.39 is 18.1 Å². The molecule has 84 valence electrons. The van der Waals surface area contributed by atoms with Gasteiger partial charge < -0.3 is 10.8 Å². The lowest BCUT2D eigenvalue weighted by Gasteiger charge is -2.43. The molecule has 0 spiro atoms. The summed E-state index contributed by atoms with van der Waals surface area (Å²) >= 11 is 0. The first-order valence-electron chi connectivity index (χ1n) is 5.13. The van der Waals surface area contributed by atoms with Crippen molar-refractivity contribution in [3.8, 4) is 0 Å². The van der Waals surface area contributed by atoms with E-state index in [1.807, 2.05) is 13.8 Å². The maximum absolute atomic E-state index is 13.3. The highest BCUT2D eigenvalue weighted by Gasteiger charge is 2.53. The first-order chi connectivity index (χ1) is 6.32. The van der Waals surface area contributed by atoms with Gasteiger partial charge in [-0.2, -0.15) is 0 Å². The second kappa shape index (κ2) is 3.74. The first-order valence-corrected chi connectivity index (χ1v) is 5.13. The summed E-state index contributed by atoms with van der Waals surface area (Å²) in [5, 5.41) is 9.86. The van der Waals surface area contributed by atoms with Crippen LogP contribution in [0.5, 0.6) is 0 Å². The maximum atomic E-state index is 13.3. The third-order valence-corrected chi connectivity index (χ3v) is 3.58. The smallest absolute Gasteiger partial charge is 0.288 e. The molecule has 0 aromatic heterocycles. The monoisotopic (exact) mass is 207 g/mol. The van der Waals surface area contributed by atoms with Crippen molar-refractivity contribution in [2.75, 3.05) is 6.54 Å². The van der Waals surface area contributed by atoms with Gasteiger partial charge in [-0.05, 0) is 31.1 Å². The summed E-state index contributed by atoms with van der Waals surface area (Å²) in [4.78, 5) is 0. The lowest BCUT2D eigenvalue weighted by Crippen LogP contribution is -2.55. The number of hydrogen-bond acceptors (Lipinski definition) is 2. The van der Waals surface area contributed by atoms with Gasteiger partial charge in [0.05, 0.1) is 6.54 Å². The second-order valence-corrected chi connectivity index (χ2v) is 4.64. The third-order valence-electron chi connectivity index (χ3n) is 3.58. The molecule has 1 saturated carbocycles. The van der Waals surface area contributed by atoms with Crippen LogP contribution in [0.15, 0.2) is 0 Å². The standard InChI is InChI=1S/C10H19F2NO/c1-7-3-4-9(14,5-8(7)2)10(11,12)6-13/h7-8,14H,3-6,13H2,1-2H3. The molecule has 0 aliphatic heterocycles. The van der Waals surface area contributed by atoms with Gasteiger partial charge in [-0.1, -0.05) is 13.8 Å². The number of hydrogen-bond donors (Lipinski definition) is 2. The molecule has 1 aliphatic rings. The van der Waals surface area contributed by atoms with E-state index in [0.29, 0.717) is 12.3 Å². The number of aliphatic hydroxyl groups is 1. The molecule has 0 amide bonds. The van der Waals surface area contributed by atoms with Crippen molar-refractivity contribution in [2.24, 2.45) is 17.6 Å². The summed E-state index contributed by atoms with van der Waals surface area (Å²) in [7, 11) is 0. The topological polar surface area (TPSA) is 46.2 Å². The highest BCUT2D eigenvalue weighted by molar-refractivity contribution is 4.98. The van der Waals surface area contributed by atoms with E-state index in [9.17, 15) is 13.9 Å². The fraction of sp³-hybridized carbons (Fsp3) is 1.00. The van der Waals surface area contributed by atoms with Crippen molar-refractivity contribution >= 4 is 0 Å². The Morgan fingerprint density at radius 1 is 1.43 bits per heavy atom. The first kappa shape index (κ1) is 11.9. The van der Waals surface area contributed by atoms with Crippen LogP contribution < -0.4 is 5.73 Å². The lowest BCUT2D eigenvalue weighted by atomic mass is 9.70. The molecule has 1 rings (SSSR count). The van der Waals surface area contributed by atoms with Gasteiger partial charge in [0.2, 0.25) is 0 Å². The van der Waals surface area contributed by atoms with Gasteiger partial charge in [0.1, 0.15) is 5.60 Å². The van der Waals surface area contributed by atoms with Crippen LogP contribution in [-0.4, -0.2) is 23.2 Å². The Labute approximate surface area is 83.5 Å². The minimum atomic E-state index is -3.15. The predicted molar refractivity (Wildman–Crippen MR) is 51.1 cm³/mol. The highest BCUT2D eigenvalue weighted by Crippen LogP contribution is 2.44. The van der Waals surface area contributed by atoms with Crippen molar-refractivity contribution < 1.29 is 13.9 Å². The Morgan fingerprint density at radius 2 is 2.00 bits per heavy atom. The number of rotatable bonds is 2. The van der Waals surface area contributed by atoms with Gasteiger partial charge >= 0.3 is 0 Å². The van der Waals surface area contributed by atoms with E-state index in [1.165, 1.54) is 0 Å². The van der Waals surface area contributed by atoms with E-state index in [1.54, 1.807) is 0 Å². The molecule has 4 heteroatoms. The zero-order valence-corrected chi connectivity index (χ0v) is 8.76. The molecule has 0 heterocycles. The van der Waals surface area contributed by atoms with Gasteiger partial charge in [0.25, 0.3) is 5.92 Å². The molecule has 3 unspecified atom stereocenters. The van der Waals surface area contributed by atoms with Crippen molar-refractivity contribution in [2.45, 2.75) is 44.6 Å². The van der Waals surface area contributed by atoms with Crippen LogP contribution in [0.1, 0.15) is 33.1 Å². The molecule has 0 aromatic carbocycles. The van der Waals surface area contributed by atoms with Crippen LogP contribution in [0.4, 0.5) is 8.78 Å².